The molecule has 0 aromatic heterocycles. The average molecular weight is 367 g/mol. The number of hydrogen-bond acceptors (Lipinski definition) is 4. The normalized spacial score (nSPS) is 11.8. The Kier molecular flexibility index (Phi) is 7.62. The highest BCUT2D eigenvalue weighted by Crippen LogP contribution is 2.13. The zero-order chi connectivity index (χ0) is 19.6. The SMILES string of the molecule is CCOc1ccc(/C=C/C(=O)O[C@@H](C)C(=O)NCc2ccc(C)cc2)cc1. The molecule has 2 aromatic carbocycles. The lowest BCUT2D eigenvalue weighted by atomic mass is 10.1. The smallest absolute Gasteiger partial charge is 0.331 e. The first kappa shape index (κ1) is 20.2. The second-order valence-corrected chi connectivity index (χ2v) is 6.12. The lowest BCUT2D eigenvalue weighted by molar-refractivity contribution is -0.150. The van der Waals surface area contributed by atoms with Gasteiger partial charge in [0, 0.05) is 12.6 Å². The van der Waals surface area contributed by atoms with Crippen LogP contribution in [0.4, 0.5) is 0 Å². The molecule has 1 N–H and O–H groups in total. The molecule has 2 aromatic rings. The summed E-state index contributed by atoms with van der Waals surface area (Å²) in [5.74, 6) is -0.128. The Morgan fingerprint density at radius 3 is 2.37 bits per heavy atom. The number of esters is 1. The predicted octanol–water partition coefficient (Wildman–Crippen LogP) is 3.66. The van der Waals surface area contributed by atoms with Gasteiger partial charge in [0.2, 0.25) is 0 Å². The van der Waals surface area contributed by atoms with Crippen LogP contribution in [0.5, 0.6) is 5.75 Å². The minimum Gasteiger partial charge on any atom is -0.494 e. The molecule has 0 saturated heterocycles. The maximum absolute atomic E-state index is 12.1. The molecular formula is C22H25NO4. The van der Waals surface area contributed by atoms with E-state index in [2.05, 4.69) is 5.32 Å². The van der Waals surface area contributed by atoms with Gasteiger partial charge in [-0.15, -0.1) is 0 Å². The van der Waals surface area contributed by atoms with E-state index >= 15 is 0 Å². The maximum atomic E-state index is 12.1. The average Bonchev–Trinajstić information content (AvgIpc) is 2.67. The standard InChI is InChI=1S/C22H25NO4/c1-4-26-20-12-9-18(10-13-20)11-14-21(24)27-17(3)22(25)23-15-19-7-5-16(2)6-8-19/h5-14,17H,4,15H2,1-3H3,(H,23,25)/b14-11+/t17-/m0/s1. The molecule has 0 fully saturated rings. The Morgan fingerprint density at radius 1 is 1.07 bits per heavy atom. The van der Waals surface area contributed by atoms with E-state index in [1.165, 1.54) is 6.08 Å². The third-order valence-electron chi connectivity index (χ3n) is 3.85. The molecule has 0 aliphatic rings. The first-order chi connectivity index (χ1) is 13.0. The monoisotopic (exact) mass is 367 g/mol. The van der Waals surface area contributed by atoms with Gasteiger partial charge in [-0.3, -0.25) is 4.79 Å². The molecule has 2 rings (SSSR count). The molecule has 142 valence electrons. The predicted molar refractivity (Wildman–Crippen MR) is 105 cm³/mol. The molecule has 5 heteroatoms. The van der Waals surface area contributed by atoms with Crippen LogP contribution in [0.3, 0.4) is 0 Å². The van der Waals surface area contributed by atoms with E-state index in [4.69, 9.17) is 9.47 Å². The number of carbonyl (C=O) groups excluding carboxylic acids is 2. The molecule has 0 heterocycles. The van der Waals surface area contributed by atoms with Crippen LogP contribution in [-0.2, 0) is 20.9 Å². The largest absolute Gasteiger partial charge is 0.494 e. The van der Waals surface area contributed by atoms with Crippen LogP contribution in [0.25, 0.3) is 6.08 Å². The van der Waals surface area contributed by atoms with Crippen molar-refractivity contribution in [2.45, 2.75) is 33.4 Å². The zero-order valence-electron chi connectivity index (χ0n) is 15.9. The zero-order valence-corrected chi connectivity index (χ0v) is 15.9. The van der Waals surface area contributed by atoms with Crippen molar-refractivity contribution in [1.29, 1.82) is 0 Å². The highest BCUT2D eigenvalue weighted by molar-refractivity contribution is 5.90. The van der Waals surface area contributed by atoms with Crippen LogP contribution in [0.2, 0.25) is 0 Å². The summed E-state index contributed by atoms with van der Waals surface area (Å²) in [7, 11) is 0. The fourth-order valence-electron chi connectivity index (χ4n) is 2.31. The van der Waals surface area contributed by atoms with Crippen molar-refractivity contribution in [3.05, 3.63) is 71.3 Å². The van der Waals surface area contributed by atoms with Gasteiger partial charge in [0.15, 0.2) is 6.10 Å². The van der Waals surface area contributed by atoms with Crippen molar-refractivity contribution in [3.8, 4) is 5.75 Å². The molecule has 0 spiro atoms. The van der Waals surface area contributed by atoms with Crippen molar-refractivity contribution < 1.29 is 19.1 Å². The van der Waals surface area contributed by atoms with Gasteiger partial charge in [0.05, 0.1) is 6.61 Å². The van der Waals surface area contributed by atoms with E-state index in [1.54, 1.807) is 13.0 Å². The van der Waals surface area contributed by atoms with Gasteiger partial charge in [-0.25, -0.2) is 4.79 Å². The van der Waals surface area contributed by atoms with Crippen LogP contribution in [0.15, 0.2) is 54.6 Å². The third kappa shape index (κ3) is 6.98. The van der Waals surface area contributed by atoms with Crippen LogP contribution >= 0.6 is 0 Å². The van der Waals surface area contributed by atoms with Crippen molar-refractivity contribution >= 4 is 18.0 Å². The fourth-order valence-corrected chi connectivity index (χ4v) is 2.31. The summed E-state index contributed by atoms with van der Waals surface area (Å²) < 4.78 is 10.5. The summed E-state index contributed by atoms with van der Waals surface area (Å²) in [5.41, 5.74) is 2.99. The molecule has 0 unspecified atom stereocenters. The summed E-state index contributed by atoms with van der Waals surface area (Å²) in [6.45, 7) is 6.47. The summed E-state index contributed by atoms with van der Waals surface area (Å²) >= 11 is 0. The Morgan fingerprint density at radius 2 is 1.74 bits per heavy atom. The molecule has 5 nitrogen and oxygen atoms in total. The lowest BCUT2D eigenvalue weighted by Crippen LogP contribution is -2.35. The van der Waals surface area contributed by atoms with Crippen LogP contribution in [0.1, 0.15) is 30.5 Å². The van der Waals surface area contributed by atoms with Crippen LogP contribution in [-0.4, -0.2) is 24.6 Å². The van der Waals surface area contributed by atoms with E-state index in [-0.39, 0.29) is 5.91 Å². The minimum absolute atomic E-state index is 0.335. The number of ether oxygens (including phenoxy) is 2. The summed E-state index contributed by atoms with van der Waals surface area (Å²) in [5, 5.41) is 2.76. The van der Waals surface area contributed by atoms with Crippen molar-refractivity contribution in [1.82, 2.24) is 5.32 Å². The van der Waals surface area contributed by atoms with Crippen molar-refractivity contribution in [2.75, 3.05) is 6.61 Å². The maximum Gasteiger partial charge on any atom is 0.331 e. The van der Waals surface area contributed by atoms with E-state index < -0.39 is 12.1 Å². The molecular weight excluding hydrogens is 342 g/mol. The molecule has 0 aliphatic heterocycles. The van der Waals surface area contributed by atoms with Gasteiger partial charge < -0.3 is 14.8 Å². The number of aryl methyl sites for hydroxylation is 1. The number of benzene rings is 2. The van der Waals surface area contributed by atoms with Crippen molar-refractivity contribution in [2.24, 2.45) is 0 Å². The highest BCUT2D eigenvalue weighted by Gasteiger charge is 2.16. The van der Waals surface area contributed by atoms with Gasteiger partial charge in [0.25, 0.3) is 5.91 Å². The number of amides is 1. The van der Waals surface area contributed by atoms with Crippen LogP contribution < -0.4 is 10.1 Å². The number of rotatable bonds is 8. The molecule has 0 aliphatic carbocycles. The number of nitrogens with one attached hydrogen (secondary N) is 1. The number of hydrogen-bond donors (Lipinski definition) is 1. The first-order valence-electron chi connectivity index (χ1n) is 8.92. The Balaban J connectivity index is 1.79. The van der Waals surface area contributed by atoms with Gasteiger partial charge >= 0.3 is 5.97 Å². The van der Waals surface area contributed by atoms with E-state index in [9.17, 15) is 9.59 Å². The summed E-state index contributed by atoms with van der Waals surface area (Å²) in [4.78, 5) is 24.0. The fraction of sp³-hybridized carbons (Fsp3) is 0.273. The third-order valence-corrected chi connectivity index (χ3v) is 3.85. The second kappa shape index (κ2) is 10.2. The minimum atomic E-state index is -0.868. The molecule has 1 amide bonds. The van der Waals surface area contributed by atoms with Crippen molar-refractivity contribution in [3.63, 3.8) is 0 Å². The van der Waals surface area contributed by atoms with Gasteiger partial charge in [-0.1, -0.05) is 42.0 Å². The van der Waals surface area contributed by atoms with E-state index in [0.717, 1.165) is 22.4 Å². The van der Waals surface area contributed by atoms with E-state index in [0.29, 0.717) is 13.2 Å². The quantitative estimate of drug-likeness (QED) is 0.571. The Hall–Kier alpha value is -3.08. The van der Waals surface area contributed by atoms with Crippen LogP contribution in [0, 0.1) is 6.92 Å². The molecule has 1 atom stereocenters. The second-order valence-electron chi connectivity index (χ2n) is 6.12. The number of carbonyl (C=O) groups is 2. The topological polar surface area (TPSA) is 64.6 Å². The molecule has 27 heavy (non-hydrogen) atoms. The van der Waals surface area contributed by atoms with Gasteiger partial charge in [-0.2, -0.15) is 0 Å². The summed E-state index contributed by atoms with van der Waals surface area (Å²) in [6.07, 6.45) is 2.07. The highest BCUT2D eigenvalue weighted by atomic mass is 16.5. The molecule has 0 saturated carbocycles. The molecule has 0 bridgehead atoms. The molecule has 0 radical (unpaired) electrons. The Labute approximate surface area is 160 Å². The van der Waals surface area contributed by atoms with Gasteiger partial charge in [0.1, 0.15) is 5.75 Å². The lowest BCUT2D eigenvalue weighted by Gasteiger charge is -2.12. The van der Waals surface area contributed by atoms with Gasteiger partial charge in [-0.05, 0) is 50.1 Å². The van der Waals surface area contributed by atoms with E-state index in [1.807, 2.05) is 62.4 Å². The summed E-state index contributed by atoms with van der Waals surface area (Å²) in [6, 6.07) is 15.2. The Bertz CT molecular complexity index is 779. The first-order valence-corrected chi connectivity index (χ1v) is 8.92.